The van der Waals surface area contributed by atoms with Crippen molar-refractivity contribution in [1.29, 1.82) is 0 Å². The quantitative estimate of drug-likeness (QED) is 0.273. The Bertz CT molecular complexity index is 1120. The van der Waals surface area contributed by atoms with E-state index >= 15 is 0 Å². The Morgan fingerprint density at radius 2 is 1.70 bits per heavy atom. The standard InChI is InChI=1S/C29H36F4N2O2/c1-6-26(36)20-8-7-19(18(2)11-20)14-24(35(4)5)17-34-27(37)16-25(29(9-10-29)28(3,32)33)21-12-22(30)15-23(31)13-21/h7-8,11-13,15,24-25H,6,9-10,14,16-17H2,1-5H3,(H,34,37)/t24-,25+/m0/s1. The number of nitrogens with one attached hydrogen (secondary N) is 1. The van der Waals surface area contributed by atoms with Crippen LogP contribution in [0.4, 0.5) is 17.6 Å². The molecule has 0 heterocycles. The predicted molar refractivity (Wildman–Crippen MR) is 136 cm³/mol. The monoisotopic (exact) mass is 520 g/mol. The molecule has 0 aliphatic heterocycles. The average molecular weight is 521 g/mol. The molecule has 0 spiro atoms. The zero-order valence-electron chi connectivity index (χ0n) is 22.1. The second-order valence-electron chi connectivity index (χ2n) is 10.5. The number of amides is 1. The van der Waals surface area contributed by atoms with Crippen molar-refractivity contribution >= 4 is 11.7 Å². The largest absolute Gasteiger partial charge is 0.355 e. The van der Waals surface area contributed by atoms with Gasteiger partial charge in [0.05, 0.1) is 0 Å². The zero-order chi connectivity index (χ0) is 27.5. The number of aryl methyl sites for hydroxylation is 1. The smallest absolute Gasteiger partial charge is 0.251 e. The molecule has 0 saturated heterocycles. The molecule has 3 rings (SSSR count). The minimum absolute atomic E-state index is 0.0740. The highest BCUT2D eigenvalue weighted by Gasteiger charge is 2.63. The first-order valence-corrected chi connectivity index (χ1v) is 12.7. The molecule has 0 radical (unpaired) electrons. The van der Waals surface area contributed by atoms with Crippen molar-refractivity contribution in [3.63, 3.8) is 0 Å². The van der Waals surface area contributed by atoms with Crippen molar-refractivity contribution in [2.75, 3.05) is 20.6 Å². The number of halogens is 4. The van der Waals surface area contributed by atoms with Gasteiger partial charge in [-0.3, -0.25) is 9.59 Å². The number of rotatable bonds is 12. The lowest BCUT2D eigenvalue weighted by atomic mass is 9.77. The van der Waals surface area contributed by atoms with Crippen molar-refractivity contribution in [1.82, 2.24) is 10.2 Å². The third-order valence-electron chi connectivity index (χ3n) is 7.71. The molecule has 1 N–H and O–H groups in total. The summed E-state index contributed by atoms with van der Waals surface area (Å²) in [5.74, 6) is -6.20. The molecular weight excluding hydrogens is 484 g/mol. The van der Waals surface area contributed by atoms with E-state index in [9.17, 15) is 27.2 Å². The summed E-state index contributed by atoms with van der Waals surface area (Å²) in [6, 6.07) is 8.29. The Kier molecular flexibility index (Phi) is 8.83. The van der Waals surface area contributed by atoms with E-state index in [1.807, 2.05) is 51.0 Å². The molecule has 0 unspecified atom stereocenters. The lowest BCUT2D eigenvalue weighted by molar-refractivity contribution is -0.123. The first kappa shape index (κ1) is 28.8. The van der Waals surface area contributed by atoms with E-state index in [1.165, 1.54) is 0 Å². The second kappa shape index (κ2) is 11.3. The van der Waals surface area contributed by atoms with Crippen molar-refractivity contribution < 1.29 is 27.2 Å². The van der Waals surface area contributed by atoms with Gasteiger partial charge in [-0.1, -0.05) is 19.1 Å². The molecular formula is C29H36F4N2O2. The summed E-state index contributed by atoms with van der Waals surface area (Å²) >= 11 is 0. The van der Waals surface area contributed by atoms with Crippen LogP contribution in [0.15, 0.2) is 36.4 Å². The third-order valence-corrected chi connectivity index (χ3v) is 7.71. The number of alkyl halides is 2. The molecule has 2 aromatic carbocycles. The van der Waals surface area contributed by atoms with Gasteiger partial charge in [0.2, 0.25) is 5.91 Å². The molecule has 8 heteroatoms. The van der Waals surface area contributed by atoms with E-state index in [2.05, 4.69) is 5.32 Å². The molecule has 0 bridgehead atoms. The van der Waals surface area contributed by atoms with Crippen molar-refractivity contribution in [3.05, 3.63) is 70.3 Å². The van der Waals surface area contributed by atoms with Crippen LogP contribution >= 0.6 is 0 Å². The Balaban J connectivity index is 1.73. The molecule has 1 aliphatic carbocycles. The lowest BCUT2D eigenvalue weighted by Crippen LogP contribution is -2.43. The highest BCUT2D eigenvalue weighted by Crippen LogP contribution is 2.65. The number of carbonyl (C=O) groups is 2. The minimum atomic E-state index is -3.10. The van der Waals surface area contributed by atoms with Crippen LogP contribution in [0.1, 0.15) is 72.5 Å². The van der Waals surface area contributed by atoms with E-state index in [0.29, 0.717) is 24.5 Å². The maximum absolute atomic E-state index is 14.6. The van der Waals surface area contributed by atoms with Crippen molar-refractivity contribution in [2.45, 2.75) is 70.8 Å². The van der Waals surface area contributed by atoms with Crippen molar-refractivity contribution in [3.8, 4) is 0 Å². The number of carbonyl (C=O) groups excluding carboxylic acids is 2. The van der Waals surface area contributed by atoms with Gasteiger partial charge >= 0.3 is 0 Å². The molecule has 1 saturated carbocycles. The summed E-state index contributed by atoms with van der Waals surface area (Å²) in [4.78, 5) is 27.0. The normalized spacial score (nSPS) is 16.4. The molecule has 2 atom stereocenters. The summed E-state index contributed by atoms with van der Waals surface area (Å²) < 4.78 is 57.1. The summed E-state index contributed by atoms with van der Waals surface area (Å²) in [5, 5.41) is 2.86. The van der Waals surface area contributed by atoms with Gasteiger partial charge in [0.1, 0.15) is 11.6 Å². The van der Waals surface area contributed by atoms with Crippen LogP contribution < -0.4 is 5.32 Å². The van der Waals surface area contributed by atoms with E-state index in [0.717, 1.165) is 30.2 Å². The minimum Gasteiger partial charge on any atom is -0.355 e. The number of Topliss-reactive ketones (excluding diaryl/α,β-unsaturated/α-hetero) is 1. The summed E-state index contributed by atoms with van der Waals surface area (Å²) in [6.45, 7) is 4.83. The van der Waals surface area contributed by atoms with E-state index in [-0.39, 0.29) is 43.2 Å². The zero-order valence-corrected chi connectivity index (χ0v) is 22.1. The van der Waals surface area contributed by atoms with Gasteiger partial charge in [-0.25, -0.2) is 17.6 Å². The van der Waals surface area contributed by atoms with Crippen LogP contribution in [-0.2, 0) is 11.2 Å². The molecule has 4 nitrogen and oxygen atoms in total. The topological polar surface area (TPSA) is 49.4 Å². The second-order valence-corrected chi connectivity index (χ2v) is 10.5. The summed E-state index contributed by atoms with van der Waals surface area (Å²) in [7, 11) is 3.77. The van der Waals surface area contributed by atoms with Gasteiger partial charge in [0, 0.05) is 48.4 Å². The van der Waals surface area contributed by atoms with E-state index in [1.54, 1.807) is 0 Å². The molecule has 1 amide bonds. The first-order valence-electron chi connectivity index (χ1n) is 12.7. The Morgan fingerprint density at radius 1 is 1.08 bits per heavy atom. The summed E-state index contributed by atoms with van der Waals surface area (Å²) in [5.41, 5.74) is 1.26. The lowest BCUT2D eigenvalue weighted by Gasteiger charge is -2.32. The Morgan fingerprint density at radius 3 is 2.19 bits per heavy atom. The van der Waals surface area contributed by atoms with E-state index in [4.69, 9.17) is 0 Å². The molecule has 202 valence electrons. The number of hydrogen-bond acceptors (Lipinski definition) is 3. The predicted octanol–water partition coefficient (Wildman–Crippen LogP) is 6.06. The molecule has 1 fully saturated rings. The molecule has 37 heavy (non-hydrogen) atoms. The van der Waals surface area contributed by atoms with Gasteiger partial charge in [-0.15, -0.1) is 0 Å². The fourth-order valence-electron chi connectivity index (χ4n) is 5.12. The Hall–Kier alpha value is -2.74. The molecule has 2 aromatic rings. The van der Waals surface area contributed by atoms with Crippen LogP contribution in [0.2, 0.25) is 0 Å². The van der Waals surface area contributed by atoms with Crippen LogP contribution in [0.3, 0.4) is 0 Å². The van der Waals surface area contributed by atoms with Gasteiger partial charge in [-0.05, 0) is 82.1 Å². The Labute approximate surface area is 216 Å². The van der Waals surface area contributed by atoms with Gasteiger partial charge < -0.3 is 10.2 Å². The number of nitrogens with zero attached hydrogens (tertiary/aromatic N) is 1. The van der Waals surface area contributed by atoms with Crippen LogP contribution in [0.25, 0.3) is 0 Å². The highest BCUT2D eigenvalue weighted by molar-refractivity contribution is 5.96. The fourth-order valence-corrected chi connectivity index (χ4v) is 5.12. The van der Waals surface area contributed by atoms with Gasteiger partial charge in [0.15, 0.2) is 5.78 Å². The maximum Gasteiger partial charge on any atom is 0.251 e. The highest BCUT2D eigenvalue weighted by atomic mass is 19.3. The molecule has 1 aliphatic rings. The number of hydrogen-bond donors (Lipinski definition) is 1. The van der Waals surface area contributed by atoms with Crippen LogP contribution in [-0.4, -0.2) is 49.2 Å². The average Bonchev–Trinajstić information content (AvgIpc) is 3.61. The number of likely N-dealkylation sites (N-methyl/N-ethyl adjacent to an activating group) is 1. The SMILES string of the molecule is CCC(=O)c1ccc(C[C@@H](CNC(=O)C[C@H](c2cc(F)cc(F)c2)C2(C(C)(F)F)CC2)N(C)C)c(C)c1. The third kappa shape index (κ3) is 6.78. The van der Waals surface area contributed by atoms with E-state index < -0.39 is 34.8 Å². The maximum atomic E-state index is 14.6. The van der Waals surface area contributed by atoms with Crippen molar-refractivity contribution in [2.24, 2.45) is 5.41 Å². The fraction of sp³-hybridized carbons (Fsp3) is 0.517. The van der Waals surface area contributed by atoms with Gasteiger partial charge in [-0.2, -0.15) is 0 Å². The molecule has 0 aromatic heterocycles. The first-order chi connectivity index (χ1) is 17.3. The van der Waals surface area contributed by atoms with Crippen LogP contribution in [0, 0.1) is 24.0 Å². The van der Waals surface area contributed by atoms with Gasteiger partial charge in [0.25, 0.3) is 5.92 Å². The number of benzene rings is 2. The summed E-state index contributed by atoms with van der Waals surface area (Å²) in [6.07, 6.45) is 1.11. The van der Waals surface area contributed by atoms with Crippen LogP contribution in [0.5, 0.6) is 0 Å². The number of ketones is 1.